The maximum absolute atomic E-state index is 10.9. The molecule has 1 aliphatic rings. The van der Waals surface area contributed by atoms with Gasteiger partial charge in [-0.1, -0.05) is 19.1 Å². The smallest absolute Gasteiger partial charge is 0.292 e. The first-order chi connectivity index (χ1) is 9.11. The minimum absolute atomic E-state index is 0.0101. The monoisotopic (exact) mass is 281 g/mol. The van der Waals surface area contributed by atoms with E-state index in [0.29, 0.717) is 17.5 Å². The summed E-state index contributed by atoms with van der Waals surface area (Å²) >= 11 is 2.01. The molecule has 1 aromatic rings. The zero-order valence-electron chi connectivity index (χ0n) is 11.0. The molecule has 1 aliphatic heterocycles. The number of anilines is 1. The molecule has 0 amide bonds. The van der Waals surface area contributed by atoms with E-state index in [9.17, 15) is 10.1 Å². The number of benzene rings is 1. The minimum Gasteiger partial charge on any atom is -0.393 e. The quantitative estimate of drug-likeness (QED) is 0.521. The molecule has 0 bridgehead atoms. The maximum atomic E-state index is 10.9. The first-order valence-electron chi connectivity index (χ1n) is 6.47. The summed E-state index contributed by atoms with van der Waals surface area (Å²) in [6.07, 6.45) is 1.16. The Hall–Kier alpha value is -1.27. The van der Waals surface area contributed by atoms with Crippen LogP contribution in [0.15, 0.2) is 18.2 Å². The number of nitrogen functional groups attached to an aromatic ring is 1. The second kappa shape index (κ2) is 6.25. The molecule has 1 heterocycles. The second-order valence-corrected chi connectivity index (χ2v) is 6.15. The summed E-state index contributed by atoms with van der Waals surface area (Å²) in [5, 5.41) is 11.5. The SMILES string of the molecule is CCC1CN(Cc2cccc([N+](=O)[O-])c2N)CCS1. The molecule has 6 heteroatoms. The third kappa shape index (κ3) is 3.39. The average molecular weight is 281 g/mol. The molecule has 1 unspecified atom stereocenters. The molecular weight excluding hydrogens is 262 g/mol. The fourth-order valence-corrected chi connectivity index (χ4v) is 3.56. The number of hydrogen-bond donors (Lipinski definition) is 1. The normalized spacial score (nSPS) is 20.4. The van der Waals surface area contributed by atoms with Gasteiger partial charge in [-0.15, -0.1) is 0 Å². The van der Waals surface area contributed by atoms with E-state index >= 15 is 0 Å². The van der Waals surface area contributed by atoms with Crippen molar-refractivity contribution in [2.24, 2.45) is 0 Å². The standard InChI is InChI=1S/C13H19N3O2S/c1-2-11-9-15(6-7-19-11)8-10-4-3-5-12(13(10)14)16(17)18/h3-5,11H,2,6-9,14H2,1H3. The van der Waals surface area contributed by atoms with Crippen LogP contribution in [0.3, 0.4) is 0 Å². The van der Waals surface area contributed by atoms with Crippen LogP contribution in [0.5, 0.6) is 0 Å². The van der Waals surface area contributed by atoms with Crippen LogP contribution >= 0.6 is 11.8 Å². The highest BCUT2D eigenvalue weighted by molar-refractivity contribution is 8.00. The van der Waals surface area contributed by atoms with E-state index in [2.05, 4.69) is 11.8 Å². The fourth-order valence-electron chi connectivity index (χ4n) is 2.31. The Balaban J connectivity index is 2.10. The summed E-state index contributed by atoms with van der Waals surface area (Å²) in [5.41, 5.74) is 7.07. The fraction of sp³-hybridized carbons (Fsp3) is 0.538. The van der Waals surface area contributed by atoms with Gasteiger partial charge >= 0.3 is 0 Å². The van der Waals surface area contributed by atoms with Gasteiger partial charge in [0.15, 0.2) is 0 Å². The predicted molar refractivity (Wildman–Crippen MR) is 79.3 cm³/mol. The lowest BCUT2D eigenvalue weighted by Gasteiger charge is -2.32. The number of rotatable bonds is 4. The van der Waals surface area contributed by atoms with E-state index in [4.69, 9.17) is 5.73 Å². The largest absolute Gasteiger partial charge is 0.393 e. The van der Waals surface area contributed by atoms with Gasteiger partial charge in [-0.2, -0.15) is 11.8 Å². The van der Waals surface area contributed by atoms with E-state index in [1.807, 2.05) is 17.8 Å². The Kier molecular flexibility index (Phi) is 4.66. The Labute approximate surface area is 117 Å². The van der Waals surface area contributed by atoms with Crippen LogP contribution in [0.25, 0.3) is 0 Å². The van der Waals surface area contributed by atoms with Gasteiger partial charge < -0.3 is 5.73 Å². The molecule has 1 atom stereocenters. The van der Waals surface area contributed by atoms with E-state index in [-0.39, 0.29) is 5.69 Å². The number of nitro groups is 1. The van der Waals surface area contributed by atoms with Gasteiger partial charge in [0.05, 0.1) is 4.92 Å². The number of thioether (sulfide) groups is 1. The van der Waals surface area contributed by atoms with Crippen molar-refractivity contribution in [3.63, 3.8) is 0 Å². The minimum atomic E-state index is -0.417. The Morgan fingerprint density at radius 2 is 2.37 bits per heavy atom. The summed E-state index contributed by atoms with van der Waals surface area (Å²) in [5.74, 6) is 1.12. The third-order valence-corrected chi connectivity index (χ3v) is 4.81. The number of hydrogen-bond acceptors (Lipinski definition) is 5. The molecule has 0 aliphatic carbocycles. The summed E-state index contributed by atoms with van der Waals surface area (Å²) < 4.78 is 0. The van der Waals surface area contributed by atoms with Crippen LogP contribution in [-0.2, 0) is 6.54 Å². The highest BCUT2D eigenvalue weighted by Gasteiger charge is 2.21. The van der Waals surface area contributed by atoms with Crippen molar-refractivity contribution in [3.05, 3.63) is 33.9 Å². The molecule has 19 heavy (non-hydrogen) atoms. The van der Waals surface area contributed by atoms with Crippen LogP contribution in [-0.4, -0.2) is 33.9 Å². The van der Waals surface area contributed by atoms with E-state index < -0.39 is 4.92 Å². The van der Waals surface area contributed by atoms with Crippen LogP contribution in [0.1, 0.15) is 18.9 Å². The maximum Gasteiger partial charge on any atom is 0.292 e. The molecule has 0 radical (unpaired) electrons. The zero-order chi connectivity index (χ0) is 13.8. The highest BCUT2D eigenvalue weighted by Crippen LogP contribution is 2.28. The molecule has 0 spiro atoms. The summed E-state index contributed by atoms with van der Waals surface area (Å²) in [6, 6.07) is 5.05. The van der Waals surface area contributed by atoms with Gasteiger partial charge in [-0.3, -0.25) is 15.0 Å². The Morgan fingerprint density at radius 3 is 3.05 bits per heavy atom. The lowest BCUT2D eigenvalue weighted by Crippen LogP contribution is -2.37. The molecule has 104 valence electrons. The number of nitro benzene ring substituents is 1. The number of para-hydroxylation sites is 1. The molecule has 1 fully saturated rings. The van der Waals surface area contributed by atoms with Crippen LogP contribution in [0.4, 0.5) is 11.4 Å². The lowest BCUT2D eigenvalue weighted by molar-refractivity contribution is -0.384. The van der Waals surface area contributed by atoms with Gasteiger partial charge in [0.2, 0.25) is 0 Å². The van der Waals surface area contributed by atoms with E-state index in [1.165, 1.54) is 6.07 Å². The molecule has 2 N–H and O–H groups in total. The van der Waals surface area contributed by atoms with Crippen molar-refractivity contribution < 1.29 is 4.92 Å². The van der Waals surface area contributed by atoms with Gasteiger partial charge in [0, 0.05) is 36.7 Å². The molecule has 2 rings (SSSR count). The Bertz CT molecular complexity index is 467. The van der Waals surface area contributed by atoms with Crippen molar-refractivity contribution >= 4 is 23.1 Å². The van der Waals surface area contributed by atoms with Crippen molar-refractivity contribution in [1.29, 1.82) is 0 Å². The van der Waals surface area contributed by atoms with Crippen LogP contribution < -0.4 is 5.73 Å². The van der Waals surface area contributed by atoms with Crippen molar-refractivity contribution in [2.75, 3.05) is 24.6 Å². The predicted octanol–water partition coefficient (Wildman–Crippen LogP) is 2.50. The van der Waals surface area contributed by atoms with E-state index in [0.717, 1.165) is 30.8 Å². The van der Waals surface area contributed by atoms with Gasteiger partial charge in [0.25, 0.3) is 5.69 Å². The molecule has 5 nitrogen and oxygen atoms in total. The Morgan fingerprint density at radius 1 is 1.58 bits per heavy atom. The van der Waals surface area contributed by atoms with Crippen LogP contribution in [0.2, 0.25) is 0 Å². The second-order valence-electron chi connectivity index (χ2n) is 4.74. The third-order valence-electron chi connectivity index (χ3n) is 3.44. The molecule has 0 saturated carbocycles. The first-order valence-corrected chi connectivity index (χ1v) is 7.52. The average Bonchev–Trinajstić information content (AvgIpc) is 2.41. The van der Waals surface area contributed by atoms with Crippen molar-refractivity contribution in [2.45, 2.75) is 25.1 Å². The van der Waals surface area contributed by atoms with Crippen molar-refractivity contribution in [1.82, 2.24) is 4.90 Å². The van der Waals surface area contributed by atoms with Crippen LogP contribution in [0, 0.1) is 10.1 Å². The highest BCUT2D eigenvalue weighted by atomic mass is 32.2. The molecular formula is C13H19N3O2S. The molecule has 1 saturated heterocycles. The van der Waals surface area contributed by atoms with Crippen molar-refractivity contribution in [3.8, 4) is 0 Å². The summed E-state index contributed by atoms with van der Waals surface area (Å²) in [4.78, 5) is 12.8. The lowest BCUT2D eigenvalue weighted by atomic mass is 10.1. The molecule has 1 aromatic carbocycles. The topological polar surface area (TPSA) is 72.4 Å². The van der Waals surface area contributed by atoms with E-state index in [1.54, 1.807) is 6.07 Å². The van der Waals surface area contributed by atoms with Gasteiger partial charge in [0.1, 0.15) is 5.69 Å². The zero-order valence-corrected chi connectivity index (χ0v) is 11.9. The first kappa shape index (κ1) is 14.1. The van der Waals surface area contributed by atoms with Gasteiger partial charge in [-0.05, 0) is 12.0 Å². The summed E-state index contributed by atoms with van der Waals surface area (Å²) in [7, 11) is 0. The number of nitrogens with zero attached hydrogens (tertiary/aromatic N) is 2. The molecule has 0 aromatic heterocycles. The number of nitrogens with two attached hydrogens (primary N) is 1. The van der Waals surface area contributed by atoms with Gasteiger partial charge in [-0.25, -0.2) is 0 Å². The summed E-state index contributed by atoms with van der Waals surface area (Å²) in [6.45, 7) is 4.94.